The number of aliphatic imine (C=N–C) groups is 1. The van der Waals surface area contributed by atoms with E-state index < -0.39 is 11.5 Å². The molecule has 10 heteroatoms. The van der Waals surface area contributed by atoms with Gasteiger partial charge in [0, 0.05) is 40.9 Å². The molecule has 1 aromatic carbocycles. The van der Waals surface area contributed by atoms with E-state index in [9.17, 15) is 19.1 Å². The lowest BCUT2D eigenvalue weighted by atomic mass is 9.96. The molecule has 1 aliphatic heterocycles. The average Bonchev–Trinajstić information content (AvgIpc) is 3.30. The molecule has 0 aliphatic carbocycles. The summed E-state index contributed by atoms with van der Waals surface area (Å²) in [6.07, 6.45) is 1.80. The van der Waals surface area contributed by atoms with Crippen LogP contribution in [0.2, 0.25) is 0 Å². The van der Waals surface area contributed by atoms with Crippen LogP contribution in [0.15, 0.2) is 45.3 Å². The van der Waals surface area contributed by atoms with Crippen LogP contribution in [0.3, 0.4) is 0 Å². The Hall–Kier alpha value is -2.59. The third-order valence-corrected chi connectivity index (χ3v) is 7.21. The average molecular weight is 461 g/mol. The minimum absolute atomic E-state index is 0.181. The number of carboxylic acids is 1. The number of aromatic amines is 2. The van der Waals surface area contributed by atoms with Crippen molar-refractivity contribution in [3.8, 4) is 0 Å². The van der Waals surface area contributed by atoms with Crippen molar-refractivity contribution in [2.24, 2.45) is 4.99 Å². The van der Waals surface area contributed by atoms with Crippen molar-refractivity contribution in [2.75, 3.05) is 11.5 Å². The molecule has 0 saturated heterocycles. The van der Waals surface area contributed by atoms with Gasteiger partial charge in [-0.1, -0.05) is 25.1 Å². The van der Waals surface area contributed by atoms with E-state index >= 15 is 0 Å². The van der Waals surface area contributed by atoms with Gasteiger partial charge in [0.1, 0.15) is 5.82 Å². The summed E-state index contributed by atoms with van der Waals surface area (Å²) in [7, 11) is 0. The maximum absolute atomic E-state index is 13.5. The fourth-order valence-corrected chi connectivity index (χ4v) is 5.62. The molecule has 0 saturated carbocycles. The number of aryl methyl sites for hydroxylation is 1. The van der Waals surface area contributed by atoms with Crippen molar-refractivity contribution in [2.45, 2.75) is 36.9 Å². The van der Waals surface area contributed by atoms with Crippen LogP contribution in [0.4, 0.5) is 4.39 Å². The van der Waals surface area contributed by atoms with E-state index in [0.29, 0.717) is 32.9 Å². The minimum atomic E-state index is -1.29. The molecule has 0 fully saturated rings. The molecule has 1 atom stereocenters. The van der Waals surface area contributed by atoms with Crippen LogP contribution in [-0.2, 0) is 17.6 Å². The van der Waals surface area contributed by atoms with Gasteiger partial charge in [0.05, 0.1) is 5.04 Å². The van der Waals surface area contributed by atoms with Crippen molar-refractivity contribution in [1.82, 2.24) is 15.0 Å². The number of aromatic nitrogens is 3. The Labute approximate surface area is 186 Å². The zero-order chi connectivity index (χ0) is 22.0. The maximum Gasteiger partial charge on any atom is 0.332 e. The van der Waals surface area contributed by atoms with Crippen LogP contribution >= 0.6 is 23.5 Å². The first kappa shape index (κ1) is 21.6. The second kappa shape index (κ2) is 8.88. The Morgan fingerprint density at radius 3 is 2.94 bits per heavy atom. The smallest absolute Gasteiger partial charge is 0.332 e. The number of carbonyl (C=O) groups is 1. The Bertz CT molecular complexity index is 1220. The molecular formula is C21H21FN4O3S2. The monoisotopic (exact) mass is 460 g/mol. The van der Waals surface area contributed by atoms with Crippen LogP contribution in [0.25, 0.3) is 10.9 Å². The normalized spacial score (nSPS) is 18.5. The third kappa shape index (κ3) is 4.85. The molecule has 0 bridgehead atoms. The Kier molecular flexibility index (Phi) is 6.19. The van der Waals surface area contributed by atoms with E-state index in [4.69, 9.17) is 0 Å². The van der Waals surface area contributed by atoms with Crippen LogP contribution < -0.4 is 5.56 Å². The SMILES string of the molecule is CCCc1cc(=O)[nH]c(SCC2=NC(Cc3cc4ccc(F)cc4[nH]3)(C(=O)O)CS2)n1. The van der Waals surface area contributed by atoms with E-state index in [1.807, 2.05) is 13.0 Å². The number of aliphatic carboxylic acids is 1. The standard InChI is InChI=1S/C21H21FN4O3S2/c1-2-3-14-8-17(27)25-20(24-14)30-10-18-26-21(11-31-18,19(28)29)9-15-6-12-4-5-13(22)7-16(12)23-15/h4-8,23H,2-3,9-11H2,1H3,(H,28,29)(H,24,25,27). The predicted molar refractivity (Wildman–Crippen MR) is 122 cm³/mol. The second-order valence-electron chi connectivity index (χ2n) is 7.41. The van der Waals surface area contributed by atoms with Gasteiger partial charge in [0.15, 0.2) is 10.7 Å². The largest absolute Gasteiger partial charge is 0.479 e. The molecule has 3 aromatic rings. The molecular weight excluding hydrogens is 439 g/mol. The topological polar surface area (TPSA) is 111 Å². The number of thioether (sulfide) groups is 2. The lowest BCUT2D eigenvalue weighted by Crippen LogP contribution is -2.39. The lowest BCUT2D eigenvalue weighted by Gasteiger charge is -2.19. The molecule has 162 valence electrons. The van der Waals surface area contributed by atoms with Crippen molar-refractivity contribution < 1.29 is 14.3 Å². The second-order valence-corrected chi connectivity index (χ2v) is 9.43. The van der Waals surface area contributed by atoms with E-state index in [2.05, 4.69) is 19.9 Å². The summed E-state index contributed by atoms with van der Waals surface area (Å²) in [5.41, 5.74) is 0.578. The molecule has 0 amide bonds. The van der Waals surface area contributed by atoms with Gasteiger partial charge in [0.25, 0.3) is 5.56 Å². The number of hydrogen-bond acceptors (Lipinski definition) is 6. The number of H-pyrrole nitrogens is 2. The lowest BCUT2D eigenvalue weighted by molar-refractivity contribution is -0.142. The first-order valence-electron chi connectivity index (χ1n) is 9.82. The number of fused-ring (bicyclic) bond motifs is 1. The molecule has 0 spiro atoms. The zero-order valence-corrected chi connectivity index (χ0v) is 18.4. The number of carboxylic acid groups (broad SMARTS) is 1. The fourth-order valence-electron chi connectivity index (χ4n) is 3.49. The van der Waals surface area contributed by atoms with E-state index in [0.717, 1.165) is 23.9 Å². The van der Waals surface area contributed by atoms with Crippen LogP contribution in [0.1, 0.15) is 24.7 Å². The highest BCUT2D eigenvalue weighted by Gasteiger charge is 2.43. The number of nitrogens with zero attached hydrogens (tertiary/aromatic N) is 2. The van der Waals surface area contributed by atoms with Crippen LogP contribution in [-0.4, -0.2) is 48.1 Å². The van der Waals surface area contributed by atoms with Gasteiger partial charge in [-0.3, -0.25) is 9.79 Å². The number of hydrogen-bond donors (Lipinski definition) is 3. The summed E-state index contributed by atoms with van der Waals surface area (Å²) in [5, 5.41) is 11.9. The van der Waals surface area contributed by atoms with Gasteiger partial charge in [-0.05, 0) is 36.1 Å². The van der Waals surface area contributed by atoms with E-state index in [1.165, 1.54) is 41.7 Å². The first-order chi connectivity index (χ1) is 14.9. The maximum atomic E-state index is 13.5. The van der Waals surface area contributed by atoms with Crippen LogP contribution in [0, 0.1) is 5.82 Å². The summed E-state index contributed by atoms with van der Waals surface area (Å²) < 4.78 is 13.5. The van der Waals surface area contributed by atoms with Crippen molar-refractivity contribution in [3.05, 3.63) is 57.9 Å². The van der Waals surface area contributed by atoms with Crippen molar-refractivity contribution in [1.29, 1.82) is 0 Å². The summed E-state index contributed by atoms with van der Waals surface area (Å²) in [6, 6.07) is 7.76. The first-order valence-corrected chi connectivity index (χ1v) is 11.8. The molecule has 1 aliphatic rings. The van der Waals surface area contributed by atoms with Gasteiger partial charge in [0.2, 0.25) is 0 Å². The van der Waals surface area contributed by atoms with E-state index in [1.54, 1.807) is 6.07 Å². The Morgan fingerprint density at radius 1 is 1.32 bits per heavy atom. The minimum Gasteiger partial charge on any atom is -0.479 e. The molecule has 4 rings (SSSR count). The van der Waals surface area contributed by atoms with E-state index in [-0.39, 0.29) is 17.8 Å². The quantitative estimate of drug-likeness (QED) is 0.350. The number of nitrogens with one attached hydrogen (secondary N) is 2. The molecule has 7 nitrogen and oxygen atoms in total. The van der Waals surface area contributed by atoms with Gasteiger partial charge in [-0.15, -0.1) is 11.8 Å². The summed E-state index contributed by atoms with van der Waals surface area (Å²) in [4.78, 5) is 38.7. The molecule has 1 unspecified atom stereocenters. The molecule has 31 heavy (non-hydrogen) atoms. The summed E-state index contributed by atoms with van der Waals surface area (Å²) in [5.74, 6) is -0.615. The molecule has 3 heterocycles. The fraction of sp³-hybridized carbons (Fsp3) is 0.333. The Balaban J connectivity index is 1.51. The highest BCUT2D eigenvalue weighted by atomic mass is 32.2. The highest BCUT2D eigenvalue weighted by molar-refractivity contribution is 8.16. The number of benzene rings is 1. The number of rotatable bonds is 8. The summed E-state index contributed by atoms with van der Waals surface area (Å²) in [6.45, 7) is 2.02. The highest BCUT2D eigenvalue weighted by Crippen LogP contribution is 2.34. The molecule has 0 radical (unpaired) electrons. The van der Waals surface area contributed by atoms with Gasteiger partial charge >= 0.3 is 5.97 Å². The van der Waals surface area contributed by atoms with Gasteiger partial charge < -0.3 is 15.1 Å². The zero-order valence-electron chi connectivity index (χ0n) is 16.8. The van der Waals surface area contributed by atoms with Gasteiger partial charge in [-0.25, -0.2) is 14.2 Å². The van der Waals surface area contributed by atoms with Crippen molar-refractivity contribution >= 4 is 45.4 Å². The number of halogens is 1. The summed E-state index contributed by atoms with van der Waals surface area (Å²) >= 11 is 2.73. The van der Waals surface area contributed by atoms with Crippen molar-refractivity contribution in [3.63, 3.8) is 0 Å². The van der Waals surface area contributed by atoms with Gasteiger partial charge in [-0.2, -0.15) is 0 Å². The molecule has 2 aromatic heterocycles. The Morgan fingerprint density at radius 2 is 2.16 bits per heavy atom. The molecule has 3 N–H and O–H groups in total. The van der Waals surface area contributed by atoms with Crippen LogP contribution in [0.5, 0.6) is 0 Å². The third-order valence-electron chi connectivity index (χ3n) is 4.95. The predicted octanol–water partition coefficient (Wildman–Crippen LogP) is 3.65.